The van der Waals surface area contributed by atoms with Crippen LogP contribution in [0.1, 0.15) is 38.6 Å². The zero-order valence-corrected chi connectivity index (χ0v) is 17.0. The van der Waals surface area contributed by atoms with E-state index in [1.807, 2.05) is 6.92 Å². The topological polar surface area (TPSA) is 68.1 Å². The molecular formula is C19H20N4O2S2. The molecule has 0 unspecified atom stereocenters. The summed E-state index contributed by atoms with van der Waals surface area (Å²) >= 11 is 2.86. The van der Waals surface area contributed by atoms with Crippen molar-refractivity contribution in [1.29, 1.82) is 0 Å². The minimum Gasteiger partial charge on any atom is -0.302 e. The average Bonchev–Trinajstić information content (AvgIpc) is 3.23. The van der Waals surface area contributed by atoms with Gasteiger partial charge in [-0.25, -0.2) is 9.97 Å². The van der Waals surface area contributed by atoms with Gasteiger partial charge < -0.3 is 4.57 Å². The third-order valence-corrected chi connectivity index (χ3v) is 7.20. The molecule has 3 heterocycles. The predicted octanol–water partition coefficient (Wildman–Crippen LogP) is 3.47. The molecule has 6 nitrogen and oxygen atoms in total. The van der Waals surface area contributed by atoms with Gasteiger partial charge in [-0.2, -0.15) is 0 Å². The number of aromatic nitrogens is 3. The van der Waals surface area contributed by atoms with E-state index in [9.17, 15) is 9.59 Å². The van der Waals surface area contributed by atoms with Crippen molar-refractivity contribution in [3.05, 3.63) is 50.3 Å². The molecule has 27 heavy (non-hydrogen) atoms. The molecule has 0 bridgehead atoms. The lowest BCUT2D eigenvalue weighted by Crippen LogP contribution is -2.31. The van der Waals surface area contributed by atoms with Gasteiger partial charge in [-0.1, -0.05) is 6.08 Å². The van der Waals surface area contributed by atoms with E-state index in [4.69, 9.17) is 4.98 Å². The molecule has 1 aliphatic rings. The fourth-order valence-electron chi connectivity index (χ4n) is 3.37. The fourth-order valence-corrected chi connectivity index (χ4v) is 5.61. The van der Waals surface area contributed by atoms with E-state index in [-0.39, 0.29) is 11.5 Å². The summed E-state index contributed by atoms with van der Waals surface area (Å²) in [6.45, 7) is 5.99. The summed E-state index contributed by atoms with van der Waals surface area (Å²) in [7, 11) is 1.66. The summed E-state index contributed by atoms with van der Waals surface area (Å²) in [5.41, 5.74) is 1.67. The second-order valence-electron chi connectivity index (χ2n) is 6.67. The number of thiophene rings is 1. The maximum atomic E-state index is 13.4. The summed E-state index contributed by atoms with van der Waals surface area (Å²) in [6, 6.07) is 0. The molecule has 0 aromatic carbocycles. The largest absolute Gasteiger partial charge is 0.302 e. The van der Waals surface area contributed by atoms with E-state index in [0.717, 1.165) is 25.0 Å². The molecule has 0 aliphatic heterocycles. The van der Waals surface area contributed by atoms with Crippen molar-refractivity contribution < 1.29 is 4.79 Å². The Bertz CT molecular complexity index is 1090. The number of nitrogens with zero attached hydrogens (tertiary/aromatic N) is 4. The number of carbonyl (C=O) groups excluding carboxylic acids is 1. The number of hydrogen-bond donors (Lipinski definition) is 0. The second-order valence-corrected chi connectivity index (χ2v) is 8.74. The number of fused-ring (bicyclic) bond motifs is 2. The first-order chi connectivity index (χ1) is 13.0. The van der Waals surface area contributed by atoms with Crippen LogP contribution in [0.4, 0.5) is 5.13 Å². The Morgan fingerprint density at radius 1 is 1.37 bits per heavy atom. The lowest BCUT2D eigenvalue weighted by Gasteiger charge is -2.17. The highest BCUT2D eigenvalue weighted by molar-refractivity contribution is 7.21. The summed E-state index contributed by atoms with van der Waals surface area (Å²) in [5.74, 6) is -0.149. The van der Waals surface area contributed by atoms with Crippen LogP contribution in [-0.4, -0.2) is 27.0 Å². The van der Waals surface area contributed by atoms with Gasteiger partial charge in [0, 0.05) is 18.5 Å². The average molecular weight is 401 g/mol. The van der Waals surface area contributed by atoms with E-state index in [1.165, 1.54) is 33.5 Å². The Kier molecular flexibility index (Phi) is 4.69. The van der Waals surface area contributed by atoms with Crippen LogP contribution in [-0.2, 0) is 19.9 Å². The minimum absolute atomic E-state index is 0.132. The van der Waals surface area contributed by atoms with Crippen molar-refractivity contribution >= 4 is 43.9 Å². The first kappa shape index (κ1) is 18.1. The molecule has 1 amide bonds. The van der Waals surface area contributed by atoms with Gasteiger partial charge in [-0.15, -0.1) is 29.3 Å². The first-order valence-corrected chi connectivity index (χ1v) is 10.5. The van der Waals surface area contributed by atoms with Gasteiger partial charge in [0.15, 0.2) is 5.13 Å². The van der Waals surface area contributed by atoms with Crippen LogP contribution in [0.15, 0.2) is 23.8 Å². The molecule has 0 N–H and O–H groups in total. The van der Waals surface area contributed by atoms with Gasteiger partial charge in [0.05, 0.1) is 22.3 Å². The number of anilines is 1. The Hall–Kier alpha value is -2.32. The molecule has 0 spiro atoms. The van der Waals surface area contributed by atoms with Crippen LogP contribution in [0.3, 0.4) is 0 Å². The lowest BCUT2D eigenvalue weighted by atomic mass is 10.0. The van der Waals surface area contributed by atoms with E-state index < -0.39 is 0 Å². The molecular weight excluding hydrogens is 380 g/mol. The number of carbonyl (C=O) groups is 1. The fraction of sp³-hybridized carbons (Fsp3) is 0.368. The van der Waals surface area contributed by atoms with Crippen molar-refractivity contribution in [1.82, 2.24) is 14.5 Å². The van der Waals surface area contributed by atoms with Crippen molar-refractivity contribution in [2.75, 3.05) is 11.4 Å². The lowest BCUT2D eigenvalue weighted by molar-refractivity contribution is 0.0993. The highest BCUT2D eigenvalue weighted by Gasteiger charge is 2.27. The molecule has 4 rings (SSSR count). The van der Waals surface area contributed by atoms with E-state index in [0.29, 0.717) is 32.3 Å². The summed E-state index contributed by atoms with van der Waals surface area (Å²) in [6.07, 6.45) is 7.53. The highest BCUT2D eigenvalue weighted by atomic mass is 32.1. The first-order valence-electron chi connectivity index (χ1n) is 8.87. The van der Waals surface area contributed by atoms with Crippen LogP contribution in [0.5, 0.6) is 0 Å². The third kappa shape index (κ3) is 3.02. The number of hydrogen-bond acceptors (Lipinski definition) is 6. The number of amides is 1. The van der Waals surface area contributed by atoms with Crippen LogP contribution in [0, 0.1) is 6.92 Å². The van der Waals surface area contributed by atoms with Crippen LogP contribution in [0.2, 0.25) is 0 Å². The molecule has 0 saturated heterocycles. The van der Waals surface area contributed by atoms with Gasteiger partial charge in [0.2, 0.25) is 0 Å². The molecule has 0 saturated carbocycles. The molecule has 1 aliphatic carbocycles. The van der Waals surface area contributed by atoms with Crippen LogP contribution >= 0.6 is 22.7 Å². The third-order valence-electron chi connectivity index (χ3n) is 4.83. The van der Waals surface area contributed by atoms with Gasteiger partial charge >= 0.3 is 0 Å². The molecule has 3 aromatic heterocycles. The molecule has 3 aromatic rings. The van der Waals surface area contributed by atoms with Gasteiger partial charge in [0.1, 0.15) is 4.83 Å². The Morgan fingerprint density at radius 2 is 2.15 bits per heavy atom. The van der Waals surface area contributed by atoms with Crippen LogP contribution in [0.25, 0.3) is 10.2 Å². The Balaban J connectivity index is 1.79. The van der Waals surface area contributed by atoms with Gasteiger partial charge in [-0.05, 0) is 38.2 Å². The monoisotopic (exact) mass is 400 g/mol. The van der Waals surface area contributed by atoms with Gasteiger partial charge in [-0.3, -0.25) is 14.5 Å². The van der Waals surface area contributed by atoms with Crippen molar-refractivity contribution in [2.24, 2.45) is 7.05 Å². The number of thiazole rings is 1. The molecule has 8 heteroatoms. The Labute approximate surface area is 164 Å². The predicted molar refractivity (Wildman–Crippen MR) is 110 cm³/mol. The quantitative estimate of drug-likeness (QED) is 0.629. The zero-order chi connectivity index (χ0) is 19.1. The molecule has 0 atom stereocenters. The SMILES string of the molecule is C=CCN(C(=O)c1sc2ncn(C)c(=O)c2c1C)c1nc2c(s1)CCCC2. The Morgan fingerprint density at radius 3 is 2.89 bits per heavy atom. The zero-order valence-electron chi connectivity index (χ0n) is 15.3. The highest BCUT2D eigenvalue weighted by Crippen LogP contribution is 2.34. The molecule has 0 fully saturated rings. The van der Waals surface area contributed by atoms with Crippen molar-refractivity contribution in [3.63, 3.8) is 0 Å². The summed E-state index contributed by atoms with van der Waals surface area (Å²) < 4.78 is 1.44. The van der Waals surface area contributed by atoms with Crippen LogP contribution < -0.4 is 10.5 Å². The standard InChI is InChI=1S/C19H20N4O2S2/c1-4-9-23(19-21-12-7-5-6-8-13(12)26-19)18(25)15-11(2)14-16(27-15)20-10-22(3)17(14)24/h4,10H,1,5-9H2,2-3H3. The second kappa shape index (κ2) is 7.01. The normalized spacial score (nSPS) is 13.6. The van der Waals surface area contributed by atoms with Gasteiger partial charge in [0.25, 0.3) is 11.5 Å². The maximum Gasteiger partial charge on any atom is 0.270 e. The molecule has 0 radical (unpaired) electrons. The van der Waals surface area contributed by atoms with Crippen molar-refractivity contribution in [3.8, 4) is 0 Å². The molecule has 140 valence electrons. The summed E-state index contributed by atoms with van der Waals surface area (Å²) in [5, 5.41) is 1.23. The maximum absolute atomic E-state index is 13.4. The number of rotatable bonds is 4. The summed E-state index contributed by atoms with van der Waals surface area (Å²) in [4.78, 5) is 38.9. The minimum atomic E-state index is -0.149. The van der Waals surface area contributed by atoms with E-state index >= 15 is 0 Å². The van der Waals surface area contributed by atoms with E-state index in [1.54, 1.807) is 29.4 Å². The smallest absolute Gasteiger partial charge is 0.270 e. The van der Waals surface area contributed by atoms with Crippen molar-refractivity contribution in [2.45, 2.75) is 32.6 Å². The number of aryl methyl sites for hydroxylation is 4. The van der Waals surface area contributed by atoms with E-state index in [2.05, 4.69) is 11.6 Å².